The largest absolute Gasteiger partial charge is 0.466 e. The molecule has 2 saturated heterocycles. The molecule has 2 atom stereocenters. The number of rotatable bonds is 6. The summed E-state index contributed by atoms with van der Waals surface area (Å²) < 4.78 is 26.8. The molecule has 2 aliphatic rings. The Hall–Kier alpha value is -0.690. The fourth-order valence-corrected chi connectivity index (χ4v) is 2.14. The second kappa shape index (κ2) is 7.19. The predicted molar refractivity (Wildman–Crippen MR) is 65.1 cm³/mol. The molecule has 0 aliphatic carbocycles. The molecule has 2 rings (SSSR count). The Morgan fingerprint density at radius 2 is 2.16 bits per heavy atom. The van der Waals surface area contributed by atoms with E-state index in [0.29, 0.717) is 13.2 Å². The Bertz CT molecular complexity index is 283. The van der Waals surface area contributed by atoms with E-state index in [4.69, 9.17) is 23.7 Å². The standard InChI is InChI=1S/C13H22O6/c1-3-15-12(14)10(13-18-9(2)19-13)8-17-11-6-4-5-7-16-11/h9-11,13H,3-8H2,1-2H3. The van der Waals surface area contributed by atoms with Gasteiger partial charge in [-0.05, 0) is 33.1 Å². The summed E-state index contributed by atoms with van der Waals surface area (Å²) in [5.41, 5.74) is 0. The first kappa shape index (κ1) is 14.7. The highest BCUT2D eigenvalue weighted by Crippen LogP contribution is 2.26. The van der Waals surface area contributed by atoms with Gasteiger partial charge in [0, 0.05) is 6.61 Å². The van der Waals surface area contributed by atoms with Crippen LogP contribution in [0.2, 0.25) is 0 Å². The van der Waals surface area contributed by atoms with Crippen molar-refractivity contribution in [3.05, 3.63) is 0 Å². The highest BCUT2D eigenvalue weighted by atomic mass is 16.9. The minimum absolute atomic E-state index is 0.195. The van der Waals surface area contributed by atoms with Gasteiger partial charge in [-0.2, -0.15) is 0 Å². The summed E-state index contributed by atoms with van der Waals surface area (Å²) in [5.74, 6) is -0.906. The molecule has 0 aromatic heterocycles. The monoisotopic (exact) mass is 274 g/mol. The minimum atomic E-state index is -0.572. The van der Waals surface area contributed by atoms with Gasteiger partial charge in [0.25, 0.3) is 0 Å². The van der Waals surface area contributed by atoms with Crippen molar-refractivity contribution in [2.24, 2.45) is 5.92 Å². The van der Waals surface area contributed by atoms with Crippen molar-refractivity contribution < 1.29 is 28.5 Å². The third-order valence-corrected chi connectivity index (χ3v) is 3.17. The molecule has 110 valence electrons. The molecule has 2 heterocycles. The zero-order valence-corrected chi connectivity index (χ0v) is 11.5. The molecule has 6 heteroatoms. The van der Waals surface area contributed by atoms with Crippen LogP contribution in [0.4, 0.5) is 0 Å². The van der Waals surface area contributed by atoms with Gasteiger partial charge in [-0.15, -0.1) is 0 Å². The van der Waals surface area contributed by atoms with Gasteiger partial charge in [-0.25, -0.2) is 0 Å². The molecular weight excluding hydrogens is 252 g/mol. The van der Waals surface area contributed by atoms with Gasteiger partial charge >= 0.3 is 5.97 Å². The third-order valence-electron chi connectivity index (χ3n) is 3.17. The molecule has 2 fully saturated rings. The summed E-state index contributed by atoms with van der Waals surface area (Å²) in [6.07, 6.45) is 1.93. The molecule has 0 radical (unpaired) electrons. The first-order valence-electron chi connectivity index (χ1n) is 6.91. The van der Waals surface area contributed by atoms with Crippen LogP contribution in [-0.2, 0) is 28.5 Å². The normalized spacial score (nSPS) is 32.4. The van der Waals surface area contributed by atoms with Crippen LogP contribution in [0.5, 0.6) is 0 Å². The molecule has 0 aromatic rings. The third kappa shape index (κ3) is 4.14. The van der Waals surface area contributed by atoms with Gasteiger partial charge in [0.2, 0.25) is 0 Å². The molecule has 6 nitrogen and oxygen atoms in total. The van der Waals surface area contributed by atoms with Gasteiger partial charge in [-0.3, -0.25) is 4.79 Å². The molecule has 0 saturated carbocycles. The fraction of sp³-hybridized carbons (Fsp3) is 0.923. The van der Waals surface area contributed by atoms with Crippen molar-refractivity contribution >= 4 is 5.97 Å². The Kier molecular flexibility index (Phi) is 5.57. The molecule has 0 amide bonds. The second-order valence-corrected chi connectivity index (χ2v) is 4.70. The molecule has 2 aliphatic heterocycles. The molecule has 19 heavy (non-hydrogen) atoms. The maximum absolute atomic E-state index is 11.9. The average Bonchev–Trinajstić information content (AvgIpc) is 2.38. The lowest BCUT2D eigenvalue weighted by atomic mass is 10.1. The highest BCUT2D eigenvalue weighted by molar-refractivity contribution is 5.73. The summed E-state index contributed by atoms with van der Waals surface area (Å²) in [4.78, 5) is 11.9. The first-order valence-corrected chi connectivity index (χ1v) is 6.91. The molecule has 0 spiro atoms. The molecule has 0 N–H and O–H groups in total. The first-order chi connectivity index (χ1) is 9.20. The smallest absolute Gasteiger partial charge is 0.316 e. The maximum Gasteiger partial charge on any atom is 0.316 e. The molecule has 2 unspecified atom stereocenters. The van der Waals surface area contributed by atoms with Crippen LogP contribution >= 0.6 is 0 Å². The summed E-state index contributed by atoms with van der Waals surface area (Å²) in [6, 6.07) is 0. The molecule has 0 aromatic carbocycles. The average molecular weight is 274 g/mol. The number of hydrogen-bond acceptors (Lipinski definition) is 6. The van der Waals surface area contributed by atoms with Gasteiger partial charge in [-0.1, -0.05) is 0 Å². The Morgan fingerprint density at radius 3 is 2.74 bits per heavy atom. The lowest BCUT2D eigenvalue weighted by molar-refractivity contribution is -0.392. The quantitative estimate of drug-likeness (QED) is 0.683. The van der Waals surface area contributed by atoms with E-state index in [1.54, 1.807) is 13.8 Å². The van der Waals surface area contributed by atoms with Gasteiger partial charge in [0.15, 0.2) is 18.9 Å². The topological polar surface area (TPSA) is 63.2 Å². The van der Waals surface area contributed by atoms with Crippen molar-refractivity contribution in [2.45, 2.75) is 52.0 Å². The number of hydrogen-bond donors (Lipinski definition) is 0. The van der Waals surface area contributed by atoms with E-state index < -0.39 is 12.2 Å². The Morgan fingerprint density at radius 1 is 1.37 bits per heavy atom. The van der Waals surface area contributed by atoms with E-state index >= 15 is 0 Å². The van der Waals surface area contributed by atoms with Crippen LogP contribution in [-0.4, -0.2) is 44.7 Å². The van der Waals surface area contributed by atoms with Crippen molar-refractivity contribution in [1.29, 1.82) is 0 Å². The van der Waals surface area contributed by atoms with Gasteiger partial charge in [0.05, 0.1) is 13.2 Å². The summed E-state index contributed by atoms with van der Waals surface area (Å²) in [5, 5.41) is 0. The second-order valence-electron chi connectivity index (χ2n) is 4.70. The van der Waals surface area contributed by atoms with Gasteiger partial charge in [0.1, 0.15) is 5.92 Å². The van der Waals surface area contributed by atoms with Crippen LogP contribution in [0, 0.1) is 5.92 Å². The number of carbonyl (C=O) groups is 1. The lowest BCUT2D eigenvalue weighted by Gasteiger charge is -2.38. The number of carbonyl (C=O) groups excluding carboxylic acids is 1. The van der Waals surface area contributed by atoms with Crippen LogP contribution in [0.25, 0.3) is 0 Å². The van der Waals surface area contributed by atoms with Crippen molar-refractivity contribution in [1.82, 2.24) is 0 Å². The zero-order valence-electron chi connectivity index (χ0n) is 11.5. The van der Waals surface area contributed by atoms with Crippen molar-refractivity contribution in [3.63, 3.8) is 0 Å². The predicted octanol–water partition coefficient (Wildman–Crippen LogP) is 1.43. The number of esters is 1. The van der Waals surface area contributed by atoms with Crippen LogP contribution < -0.4 is 0 Å². The van der Waals surface area contributed by atoms with Crippen LogP contribution in [0.1, 0.15) is 33.1 Å². The molecule has 0 bridgehead atoms. The summed E-state index contributed by atoms with van der Waals surface area (Å²) in [7, 11) is 0. The minimum Gasteiger partial charge on any atom is -0.466 e. The van der Waals surface area contributed by atoms with E-state index in [0.717, 1.165) is 19.3 Å². The fourth-order valence-electron chi connectivity index (χ4n) is 2.14. The van der Waals surface area contributed by atoms with E-state index in [-0.39, 0.29) is 25.2 Å². The van der Waals surface area contributed by atoms with E-state index in [2.05, 4.69) is 0 Å². The van der Waals surface area contributed by atoms with E-state index in [9.17, 15) is 4.79 Å². The maximum atomic E-state index is 11.9. The van der Waals surface area contributed by atoms with E-state index in [1.807, 2.05) is 0 Å². The summed E-state index contributed by atoms with van der Waals surface area (Å²) >= 11 is 0. The van der Waals surface area contributed by atoms with Crippen molar-refractivity contribution in [3.8, 4) is 0 Å². The van der Waals surface area contributed by atoms with E-state index in [1.165, 1.54) is 0 Å². The Balaban J connectivity index is 1.80. The highest BCUT2D eigenvalue weighted by Gasteiger charge is 2.40. The van der Waals surface area contributed by atoms with Gasteiger partial charge < -0.3 is 23.7 Å². The van der Waals surface area contributed by atoms with Crippen LogP contribution in [0.15, 0.2) is 0 Å². The SMILES string of the molecule is CCOC(=O)C(COC1CCCCO1)C1OC(C)O1. The summed E-state index contributed by atoms with van der Waals surface area (Å²) in [6.45, 7) is 4.79. The molecular formula is C13H22O6. The zero-order chi connectivity index (χ0) is 13.7. The van der Waals surface area contributed by atoms with Crippen LogP contribution in [0.3, 0.4) is 0 Å². The Labute approximate surface area is 113 Å². The lowest BCUT2D eigenvalue weighted by Crippen LogP contribution is -2.49. The number of ether oxygens (including phenoxy) is 5. The van der Waals surface area contributed by atoms with Crippen molar-refractivity contribution in [2.75, 3.05) is 19.8 Å².